The van der Waals surface area contributed by atoms with Gasteiger partial charge >= 0.3 is 0 Å². The molecule has 2 aromatic heterocycles. The Labute approximate surface area is 106 Å². The summed E-state index contributed by atoms with van der Waals surface area (Å²) in [5.74, 6) is 0.961. The molecule has 94 valence electrons. The highest BCUT2D eigenvalue weighted by Gasteiger charge is 2.22. The zero-order chi connectivity index (χ0) is 12.4. The minimum atomic E-state index is 0.565. The number of H-pyrrole nitrogens is 1. The number of hydrogen-bond acceptors (Lipinski definition) is 4. The van der Waals surface area contributed by atoms with E-state index < -0.39 is 0 Å². The largest absolute Gasteiger partial charge is 0.360 e. The third-order valence-electron chi connectivity index (χ3n) is 3.44. The first-order valence-electron chi connectivity index (χ1n) is 6.26. The standard InChI is InChI=1S/C13H17N5/c1-14-10-6-8-18(9-10)13-5-4-12(16-17-13)11-3-2-7-15-11/h2-5,7,10,14-15H,6,8-9H2,1H3. The number of aromatic amines is 1. The molecule has 2 aromatic rings. The highest BCUT2D eigenvalue weighted by Crippen LogP contribution is 2.20. The highest BCUT2D eigenvalue weighted by atomic mass is 15.3. The highest BCUT2D eigenvalue weighted by molar-refractivity contribution is 5.55. The van der Waals surface area contributed by atoms with Crippen molar-refractivity contribution in [2.45, 2.75) is 12.5 Å². The van der Waals surface area contributed by atoms with Crippen LogP contribution < -0.4 is 10.2 Å². The van der Waals surface area contributed by atoms with Crippen LogP contribution in [-0.4, -0.2) is 41.4 Å². The van der Waals surface area contributed by atoms with E-state index in [0.29, 0.717) is 6.04 Å². The van der Waals surface area contributed by atoms with Gasteiger partial charge in [0.2, 0.25) is 0 Å². The molecule has 1 saturated heterocycles. The van der Waals surface area contributed by atoms with Crippen molar-refractivity contribution in [1.82, 2.24) is 20.5 Å². The second-order valence-corrected chi connectivity index (χ2v) is 4.58. The number of aromatic nitrogens is 3. The van der Waals surface area contributed by atoms with Gasteiger partial charge in [-0.3, -0.25) is 0 Å². The van der Waals surface area contributed by atoms with Gasteiger partial charge in [0.25, 0.3) is 0 Å². The predicted molar refractivity (Wildman–Crippen MR) is 71.5 cm³/mol. The molecule has 18 heavy (non-hydrogen) atoms. The first-order chi connectivity index (χ1) is 8.86. The molecule has 3 rings (SSSR count). The molecule has 5 heteroatoms. The molecule has 5 nitrogen and oxygen atoms in total. The van der Waals surface area contributed by atoms with Crippen molar-refractivity contribution in [3.63, 3.8) is 0 Å². The average Bonchev–Trinajstić information content (AvgIpc) is 3.10. The summed E-state index contributed by atoms with van der Waals surface area (Å²) in [6, 6.07) is 8.58. The lowest BCUT2D eigenvalue weighted by Gasteiger charge is -2.16. The van der Waals surface area contributed by atoms with Gasteiger partial charge in [-0.15, -0.1) is 10.2 Å². The second kappa shape index (κ2) is 4.78. The van der Waals surface area contributed by atoms with Crippen molar-refractivity contribution in [2.24, 2.45) is 0 Å². The van der Waals surface area contributed by atoms with Crippen molar-refractivity contribution >= 4 is 5.82 Å². The molecule has 1 fully saturated rings. The maximum absolute atomic E-state index is 4.31. The number of nitrogens with one attached hydrogen (secondary N) is 2. The van der Waals surface area contributed by atoms with E-state index in [2.05, 4.69) is 25.4 Å². The van der Waals surface area contributed by atoms with Crippen LogP contribution in [0.15, 0.2) is 30.5 Å². The van der Waals surface area contributed by atoms with Gasteiger partial charge in [0, 0.05) is 25.3 Å². The van der Waals surface area contributed by atoms with Crippen LogP contribution in [0.1, 0.15) is 6.42 Å². The molecular formula is C13H17N5. The summed E-state index contributed by atoms with van der Waals surface area (Å²) >= 11 is 0. The van der Waals surface area contributed by atoms with Crippen LogP contribution in [0.3, 0.4) is 0 Å². The van der Waals surface area contributed by atoms with Crippen molar-refractivity contribution < 1.29 is 0 Å². The third kappa shape index (κ3) is 2.09. The molecule has 1 aliphatic heterocycles. The Bertz CT molecular complexity index is 491. The van der Waals surface area contributed by atoms with Crippen LogP contribution in [0.5, 0.6) is 0 Å². The Morgan fingerprint density at radius 1 is 1.33 bits per heavy atom. The monoisotopic (exact) mass is 243 g/mol. The third-order valence-corrected chi connectivity index (χ3v) is 3.44. The molecule has 0 saturated carbocycles. The fraction of sp³-hybridized carbons (Fsp3) is 0.385. The smallest absolute Gasteiger partial charge is 0.151 e. The van der Waals surface area contributed by atoms with Gasteiger partial charge in [-0.2, -0.15) is 0 Å². The minimum Gasteiger partial charge on any atom is -0.360 e. The second-order valence-electron chi connectivity index (χ2n) is 4.58. The Morgan fingerprint density at radius 2 is 2.28 bits per heavy atom. The van der Waals surface area contributed by atoms with Crippen molar-refractivity contribution in [3.8, 4) is 11.4 Å². The molecule has 2 N–H and O–H groups in total. The molecule has 0 radical (unpaired) electrons. The minimum absolute atomic E-state index is 0.565. The molecule has 0 bridgehead atoms. The first kappa shape index (κ1) is 11.2. The quantitative estimate of drug-likeness (QED) is 0.852. The van der Waals surface area contributed by atoms with Gasteiger partial charge < -0.3 is 15.2 Å². The van der Waals surface area contributed by atoms with Crippen LogP contribution in [-0.2, 0) is 0 Å². The molecule has 1 aliphatic rings. The van der Waals surface area contributed by atoms with E-state index in [-0.39, 0.29) is 0 Å². The van der Waals surface area contributed by atoms with E-state index in [1.54, 1.807) is 0 Å². The van der Waals surface area contributed by atoms with Gasteiger partial charge in [-0.05, 0) is 37.7 Å². The lowest BCUT2D eigenvalue weighted by molar-refractivity contribution is 0.616. The first-order valence-corrected chi connectivity index (χ1v) is 6.26. The van der Waals surface area contributed by atoms with Gasteiger partial charge in [0.15, 0.2) is 5.82 Å². The summed E-state index contributed by atoms with van der Waals surface area (Å²) in [5, 5.41) is 11.9. The van der Waals surface area contributed by atoms with Gasteiger partial charge in [-0.1, -0.05) is 0 Å². The Hall–Kier alpha value is -1.88. The van der Waals surface area contributed by atoms with E-state index in [1.165, 1.54) is 0 Å². The Balaban J connectivity index is 1.76. The summed E-state index contributed by atoms with van der Waals surface area (Å²) in [4.78, 5) is 5.40. The maximum Gasteiger partial charge on any atom is 0.151 e. The number of nitrogens with zero attached hydrogens (tertiary/aromatic N) is 3. The normalized spacial score (nSPS) is 19.4. The number of rotatable bonds is 3. The van der Waals surface area contributed by atoms with Crippen LogP contribution >= 0.6 is 0 Å². The average molecular weight is 243 g/mol. The summed E-state index contributed by atoms with van der Waals surface area (Å²) in [6.45, 7) is 2.05. The Morgan fingerprint density at radius 3 is 2.89 bits per heavy atom. The van der Waals surface area contributed by atoms with Gasteiger partial charge in [0.05, 0.1) is 5.69 Å². The van der Waals surface area contributed by atoms with Crippen molar-refractivity contribution in [2.75, 3.05) is 25.0 Å². The van der Waals surface area contributed by atoms with Crippen LogP contribution in [0.2, 0.25) is 0 Å². The fourth-order valence-corrected chi connectivity index (χ4v) is 2.33. The van der Waals surface area contributed by atoms with Crippen LogP contribution in [0, 0.1) is 0 Å². The van der Waals surface area contributed by atoms with Crippen molar-refractivity contribution in [3.05, 3.63) is 30.5 Å². The van der Waals surface area contributed by atoms with Gasteiger partial charge in [0.1, 0.15) is 5.69 Å². The van der Waals surface area contributed by atoms with Crippen LogP contribution in [0.25, 0.3) is 11.4 Å². The van der Waals surface area contributed by atoms with Crippen LogP contribution in [0.4, 0.5) is 5.82 Å². The summed E-state index contributed by atoms with van der Waals surface area (Å²) in [6.07, 6.45) is 3.06. The topological polar surface area (TPSA) is 56.8 Å². The summed E-state index contributed by atoms with van der Waals surface area (Å²) in [5.41, 5.74) is 1.89. The maximum atomic E-state index is 4.31. The molecule has 0 aliphatic carbocycles. The zero-order valence-electron chi connectivity index (χ0n) is 10.4. The SMILES string of the molecule is CNC1CCN(c2ccc(-c3ccc[nH]3)nn2)C1. The molecule has 1 unspecified atom stereocenters. The molecular weight excluding hydrogens is 226 g/mol. The van der Waals surface area contributed by atoms with Crippen molar-refractivity contribution in [1.29, 1.82) is 0 Å². The lowest BCUT2D eigenvalue weighted by Crippen LogP contribution is -2.29. The molecule has 3 heterocycles. The number of hydrogen-bond donors (Lipinski definition) is 2. The molecule has 1 atom stereocenters. The fourth-order valence-electron chi connectivity index (χ4n) is 2.33. The number of likely N-dealkylation sites (N-methyl/N-ethyl adjacent to an activating group) is 1. The lowest BCUT2D eigenvalue weighted by atomic mass is 10.3. The molecule has 0 amide bonds. The van der Waals surface area contributed by atoms with E-state index in [0.717, 1.165) is 36.7 Å². The molecule has 0 aromatic carbocycles. The van der Waals surface area contributed by atoms with E-state index in [4.69, 9.17) is 0 Å². The summed E-state index contributed by atoms with van der Waals surface area (Å²) < 4.78 is 0. The van der Waals surface area contributed by atoms with E-state index in [1.807, 2.05) is 37.5 Å². The number of anilines is 1. The van der Waals surface area contributed by atoms with E-state index >= 15 is 0 Å². The molecule has 0 spiro atoms. The zero-order valence-corrected chi connectivity index (χ0v) is 10.4. The predicted octanol–water partition coefficient (Wildman–Crippen LogP) is 1.27. The van der Waals surface area contributed by atoms with E-state index in [9.17, 15) is 0 Å². The summed E-state index contributed by atoms with van der Waals surface area (Å²) in [7, 11) is 2.01. The Kier molecular flexibility index (Phi) is 2.98. The van der Waals surface area contributed by atoms with Gasteiger partial charge in [-0.25, -0.2) is 0 Å².